The van der Waals surface area contributed by atoms with Crippen LogP contribution in [0.3, 0.4) is 0 Å². The summed E-state index contributed by atoms with van der Waals surface area (Å²) in [6.07, 6.45) is 2.82. The van der Waals surface area contributed by atoms with Gasteiger partial charge >= 0.3 is 0 Å². The standard InChI is InChI=1S/C14H19N5O/c1-2-19-10-16-18-14(19)11-5-3-6-12(9-11)17-13(20)7-4-8-15/h3,5-6,9-10H,2,4,7-8,15H2,1H3,(H,17,20). The number of nitrogens with two attached hydrogens (primary N) is 1. The van der Waals surface area contributed by atoms with E-state index in [0.717, 1.165) is 23.6 Å². The zero-order valence-electron chi connectivity index (χ0n) is 11.5. The molecule has 106 valence electrons. The SMILES string of the molecule is CCn1cnnc1-c1cccc(NC(=O)CCCN)c1. The van der Waals surface area contributed by atoms with Gasteiger partial charge in [-0.2, -0.15) is 0 Å². The van der Waals surface area contributed by atoms with E-state index in [2.05, 4.69) is 15.5 Å². The number of nitrogens with zero attached hydrogens (tertiary/aromatic N) is 3. The first-order chi connectivity index (χ1) is 9.74. The minimum absolute atomic E-state index is 0.0236. The fourth-order valence-electron chi connectivity index (χ4n) is 1.93. The smallest absolute Gasteiger partial charge is 0.224 e. The summed E-state index contributed by atoms with van der Waals surface area (Å²) in [7, 11) is 0. The first-order valence-corrected chi connectivity index (χ1v) is 6.72. The minimum Gasteiger partial charge on any atom is -0.330 e. The molecule has 0 spiro atoms. The molecule has 0 aliphatic heterocycles. The summed E-state index contributed by atoms with van der Waals surface area (Å²) in [5.41, 5.74) is 7.08. The van der Waals surface area contributed by atoms with Gasteiger partial charge in [-0.25, -0.2) is 0 Å². The van der Waals surface area contributed by atoms with Gasteiger partial charge in [-0.3, -0.25) is 4.79 Å². The molecule has 0 saturated heterocycles. The van der Waals surface area contributed by atoms with Crippen LogP contribution in [0.4, 0.5) is 5.69 Å². The molecule has 1 aromatic carbocycles. The highest BCUT2D eigenvalue weighted by Gasteiger charge is 2.08. The number of amides is 1. The largest absolute Gasteiger partial charge is 0.330 e. The lowest BCUT2D eigenvalue weighted by molar-refractivity contribution is -0.116. The lowest BCUT2D eigenvalue weighted by Crippen LogP contribution is -2.13. The molecule has 6 heteroatoms. The number of hydrogen-bond donors (Lipinski definition) is 2. The Hall–Kier alpha value is -2.21. The fraction of sp³-hybridized carbons (Fsp3) is 0.357. The Balaban J connectivity index is 2.14. The molecular weight excluding hydrogens is 254 g/mol. The molecule has 2 aromatic rings. The highest BCUT2D eigenvalue weighted by Crippen LogP contribution is 2.20. The molecule has 3 N–H and O–H groups in total. The molecule has 6 nitrogen and oxygen atoms in total. The Morgan fingerprint density at radius 1 is 1.45 bits per heavy atom. The van der Waals surface area contributed by atoms with Crippen LogP contribution in [0, 0.1) is 0 Å². The van der Waals surface area contributed by atoms with Crippen LogP contribution < -0.4 is 11.1 Å². The van der Waals surface area contributed by atoms with Gasteiger partial charge in [0.1, 0.15) is 6.33 Å². The number of benzene rings is 1. The van der Waals surface area contributed by atoms with Gasteiger partial charge in [0.2, 0.25) is 5.91 Å². The molecule has 0 atom stereocenters. The highest BCUT2D eigenvalue weighted by molar-refractivity contribution is 5.91. The topological polar surface area (TPSA) is 85.8 Å². The molecule has 1 aromatic heterocycles. The van der Waals surface area contributed by atoms with Crippen molar-refractivity contribution in [2.24, 2.45) is 5.73 Å². The Labute approximate surface area is 118 Å². The van der Waals surface area contributed by atoms with Crippen molar-refractivity contribution in [1.82, 2.24) is 14.8 Å². The number of carbonyl (C=O) groups excluding carboxylic acids is 1. The van der Waals surface area contributed by atoms with E-state index >= 15 is 0 Å². The maximum Gasteiger partial charge on any atom is 0.224 e. The van der Waals surface area contributed by atoms with Gasteiger partial charge in [0, 0.05) is 24.2 Å². The average molecular weight is 273 g/mol. The van der Waals surface area contributed by atoms with Crippen LogP contribution in [-0.4, -0.2) is 27.2 Å². The first kappa shape index (κ1) is 14.2. The number of hydrogen-bond acceptors (Lipinski definition) is 4. The molecule has 20 heavy (non-hydrogen) atoms. The van der Waals surface area contributed by atoms with E-state index in [1.807, 2.05) is 35.8 Å². The zero-order valence-corrected chi connectivity index (χ0v) is 11.5. The molecule has 0 radical (unpaired) electrons. The Kier molecular flexibility index (Phi) is 4.84. The van der Waals surface area contributed by atoms with Crippen molar-refractivity contribution in [1.29, 1.82) is 0 Å². The minimum atomic E-state index is -0.0236. The van der Waals surface area contributed by atoms with E-state index in [0.29, 0.717) is 19.4 Å². The lowest BCUT2D eigenvalue weighted by Gasteiger charge is -2.07. The summed E-state index contributed by atoms with van der Waals surface area (Å²) in [6.45, 7) is 3.35. The summed E-state index contributed by atoms with van der Waals surface area (Å²) >= 11 is 0. The third-order valence-corrected chi connectivity index (χ3v) is 2.97. The Morgan fingerprint density at radius 2 is 2.30 bits per heavy atom. The number of nitrogens with one attached hydrogen (secondary N) is 1. The third kappa shape index (κ3) is 3.42. The van der Waals surface area contributed by atoms with E-state index in [9.17, 15) is 4.79 Å². The maximum absolute atomic E-state index is 11.7. The maximum atomic E-state index is 11.7. The quantitative estimate of drug-likeness (QED) is 0.837. The second kappa shape index (κ2) is 6.81. The van der Waals surface area contributed by atoms with Crippen LogP contribution >= 0.6 is 0 Å². The summed E-state index contributed by atoms with van der Waals surface area (Å²) in [4.78, 5) is 11.7. The van der Waals surface area contributed by atoms with Crippen LogP contribution in [-0.2, 0) is 11.3 Å². The molecule has 0 saturated carbocycles. The molecule has 0 aliphatic rings. The average Bonchev–Trinajstić information content (AvgIpc) is 2.94. The van der Waals surface area contributed by atoms with Crippen LogP contribution in [0.25, 0.3) is 11.4 Å². The predicted octanol–water partition coefficient (Wildman–Crippen LogP) is 1.64. The number of carbonyl (C=O) groups is 1. The fourth-order valence-corrected chi connectivity index (χ4v) is 1.93. The van der Waals surface area contributed by atoms with Gasteiger partial charge in [0.05, 0.1) is 0 Å². The normalized spacial score (nSPS) is 10.5. The van der Waals surface area contributed by atoms with Crippen molar-refractivity contribution in [3.63, 3.8) is 0 Å². The molecule has 0 aliphatic carbocycles. The summed E-state index contributed by atoms with van der Waals surface area (Å²) < 4.78 is 1.95. The van der Waals surface area contributed by atoms with Gasteiger partial charge in [-0.1, -0.05) is 12.1 Å². The summed E-state index contributed by atoms with van der Waals surface area (Å²) in [5.74, 6) is 0.773. The van der Waals surface area contributed by atoms with Gasteiger partial charge in [-0.15, -0.1) is 10.2 Å². The van der Waals surface area contributed by atoms with Crippen molar-refractivity contribution in [3.05, 3.63) is 30.6 Å². The van der Waals surface area contributed by atoms with Gasteiger partial charge in [-0.05, 0) is 32.0 Å². The third-order valence-electron chi connectivity index (χ3n) is 2.97. The molecule has 1 heterocycles. The second-order valence-corrected chi connectivity index (χ2v) is 4.46. The van der Waals surface area contributed by atoms with E-state index < -0.39 is 0 Å². The van der Waals surface area contributed by atoms with Crippen molar-refractivity contribution < 1.29 is 4.79 Å². The second-order valence-electron chi connectivity index (χ2n) is 4.46. The zero-order chi connectivity index (χ0) is 14.4. The molecule has 1 amide bonds. The molecule has 2 rings (SSSR count). The van der Waals surface area contributed by atoms with Crippen LogP contribution in [0.1, 0.15) is 19.8 Å². The number of anilines is 1. The van der Waals surface area contributed by atoms with Crippen LogP contribution in [0.15, 0.2) is 30.6 Å². The molecule has 0 fully saturated rings. The monoisotopic (exact) mass is 273 g/mol. The van der Waals surface area contributed by atoms with E-state index in [4.69, 9.17) is 5.73 Å². The van der Waals surface area contributed by atoms with E-state index in [-0.39, 0.29) is 5.91 Å². The van der Waals surface area contributed by atoms with Crippen molar-refractivity contribution in [2.45, 2.75) is 26.3 Å². The van der Waals surface area contributed by atoms with Gasteiger partial charge < -0.3 is 15.6 Å². The highest BCUT2D eigenvalue weighted by atomic mass is 16.1. The van der Waals surface area contributed by atoms with Crippen molar-refractivity contribution >= 4 is 11.6 Å². The van der Waals surface area contributed by atoms with Gasteiger partial charge in [0.15, 0.2) is 5.82 Å². The molecular formula is C14H19N5O. The first-order valence-electron chi connectivity index (χ1n) is 6.72. The summed E-state index contributed by atoms with van der Waals surface area (Å²) in [6, 6.07) is 7.60. The number of aryl methyl sites for hydroxylation is 1. The van der Waals surface area contributed by atoms with E-state index in [1.54, 1.807) is 6.33 Å². The van der Waals surface area contributed by atoms with Gasteiger partial charge in [0.25, 0.3) is 0 Å². The van der Waals surface area contributed by atoms with Crippen molar-refractivity contribution in [2.75, 3.05) is 11.9 Å². The molecule has 0 bridgehead atoms. The number of rotatable bonds is 6. The van der Waals surface area contributed by atoms with Crippen LogP contribution in [0.5, 0.6) is 0 Å². The van der Waals surface area contributed by atoms with E-state index in [1.165, 1.54) is 0 Å². The predicted molar refractivity (Wildman–Crippen MR) is 78.1 cm³/mol. The summed E-state index contributed by atoms with van der Waals surface area (Å²) in [5, 5.41) is 10.9. The lowest BCUT2D eigenvalue weighted by atomic mass is 10.2. The van der Waals surface area contributed by atoms with Crippen LogP contribution in [0.2, 0.25) is 0 Å². The molecule has 0 unspecified atom stereocenters. The number of aromatic nitrogens is 3. The Morgan fingerprint density at radius 3 is 3.05 bits per heavy atom. The Bertz CT molecular complexity index is 578. The van der Waals surface area contributed by atoms with Crippen molar-refractivity contribution in [3.8, 4) is 11.4 Å².